The number of carbonyl (C=O) groups is 1. The highest BCUT2D eigenvalue weighted by Gasteiger charge is 2.10. The van der Waals surface area contributed by atoms with Crippen LogP contribution in [0.4, 0.5) is 0 Å². The fourth-order valence-corrected chi connectivity index (χ4v) is 2.62. The van der Waals surface area contributed by atoms with Crippen LogP contribution in [0.1, 0.15) is 15.9 Å². The average Bonchev–Trinajstić information content (AvgIpc) is 2.42. The predicted molar refractivity (Wildman–Crippen MR) is 88.9 cm³/mol. The molecule has 0 fully saturated rings. The van der Waals surface area contributed by atoms with E-state index in [0.29, 0.717) is 6.54 Å². The van der Waals surface area contributed by atoms with E-state index in [9.17, 15) is 4.79 Å². The summed E-state index contributed by atoms with van der Waals surface area (Å²) in [7, 11) is 1.95. The van der Waals surface area contributed by atoms with Crippen LogP contribution >= 0.6 is 31.9 Å². The van der Waals surface area contributed by atoms with Crippen LogP contribution in [0, 0.1) is 0 Å². The number of ketones is 1. The van der Waals surface area contributed by atoms with E-state index in [1.807, 2.05) is 54.4 Å². The number of carbonyl (C=O) groups excluding carboxylic acids is 1. The molecule has 0 saturated heterocycles. The molecular formula is C16H15Br2NO. The molecule has 2 aromatic carbocycles. The number of halogens is 2. The molecule has 0 saturated carbocycles. The molecular weight excluding hydrogens is 382 g/mol. The number of likely N-dealkylation sites (N-methyl/N-ethyl adjacent to an activating group) is 1. The van der Waals surface area contributed by atoms with Crippen molar-refractivity contribution >= 4 is 37.6 Å². The summed E-state index contributed by atoms with van der Waals surface area (Å²) in [5, 5.41) is 0. The molecule has 0 spiro atoms. The molecule has 4 heteroatoms. The van der Waals surface area contributed by atoms with E-state index >= 15 is 0 Å². The lowest BCUT2D eigenvalue weighted by Crippen LogP contribution is -2.25. The zero-order chi connectivity index (χ0) is 14.5. The Labute approximate surface area is 136 Å². The second-order valence-electron chi connectivity index (χ2n) is 4.69. The van der Waals surface area contributed by atoms with Gasteiger partial charge in [0, 0.05) is 21.1 Å². The van der Waals surface area contributed by atoms with Crippen molar-refractivity contribution in [3.05, 3.63) is 68.6 Å². The summed E-state index contributed by atoms with van der Waals surface area (Å²) in [5.41, 5.74) is 1.92. The van der Waals surface area contributed by atoms with Gasteiger partial charge in [-0.15, -0.1) is 0 Å². The molecule has 0 aromatic heterocycles. The largest absolute Gasteiger partial charge is 0.295 e. The second-order valence-corrected chi connectivity index (χ2v) is 6.46. The summed E-state index contributed by atoms with van der Waals surface area (Å²) >= 11 is 6.90. The third-order valence-electron chi connectivity index (χ3n) is 2.98. The van der Waals surface area contributed by atoms with Crippen LogP contribution in [-0.4, -0.2) is 24.3 Å². The van der Waals surface area contributed by atoms with Crippen molar-refractivity contribution < 1.29 is 4.79 Å². The van der Waals surface area contributed by atoms with Crippen LogP contribution in [0.2, 0.25) is 0 Å². The lowest BCUT2D eigenvalue weighted by molar-refractivity contribution is 0.0943. The van der Waals surface area contributed by atoms with Gasteiger partial charge in [-0.2, -0.15) is 0 Å². The summed E-state index contributed by atoms with van der Waals surface area (Å²) in [6.45, 7) is 1.15. The van der Waals surface area contributed by atoms with Gasteiger partial charge in [-0.25, -0.2) is 0 Å². The molecule has 0 unspecified atom stereocenters. The van der Waals surface area contributed by atoms with Gasteiger partial charge >= 0.3 is 0 Å². The Balaban J connectivity index is 1.98. The maximum atomic E-state index is 12.2. The lowest BCUT2D eigenvalue weighted by atomic mass is 10.1. The minimum Gasteiger partial charge on any atom is -0.295 e. The van der Waals surface area contributed by atoms with Gasteiger partial charge in [0.1, 0.15) is 0 Å². The fraction of sp³-hybridized carbons (Fsp3) is 0.188. The van der Waals surface area contributed by atoms with Gasteiger partial charge in [-0.05, 0) is 30.8 Å². The number of hydrogen-bond donors (Lipinski definition) is 0. The zero-order valence-electron chi connectivity index (χ0n) is 11.1. The van der Waals surface area contributed by atoms with Gasteiger partial charge in [0.2, 0.25) is 0 Å². The smallest absolute Gasteiger partial charge is 0.176 e. The third kappa shape index (κ3) is 4.27. The molecule has 2 rings (SSSR count). The van der Waals surface area contributed by atoms with Crippen LogP contribution in [-0.2, 0) is 6.54 Å². The highest BCUT2D eigenvalue weighted by Crippen LogP contribution is 2.17. The van der Waals surface area contributed by atoms with Crippen LogP contribution in [0.25, 0.3) is 0 Å². The SMILES string of the molecule is CN(CC(=O)c1ccc(Br)cc1)Cc1ccccc1Br. The van der Waals surface area contributed by atoms with Crippen LogP contribution in [0.5, 0.6) is 0 Å². The van der Waals surface area contributed by atoms with Gasteiger partial charge in [-0.3, -0.25) is 9.69 Å². The molecule has 0 atom stereocenters. The molecule has 0 N–H and O–H groups in total. The van der Waals surface area contributed by atoms with Crippen LogP contribution < -0.4 is 0 Å². The summed E-state index contributed by atoms with van der Waals surface area (Å²) in [6.07, 6.45) is 0. The number of nitrogens with zero attached hydrogens (tertiary/aromatic N) is 1. The van der Waals surface area contributed by atoms with E-state index in [4.69, 9.17) is 0 Å². The molecule has 2 nitrogen and oxygen atoms in total. The van der Waals surface area contributed by atoms with Crippen molar-refractivity contribution in [2.75, 3.05) is 13.6 Å². The van der Waals surface area contributed by atoms with Gasteiger partial charge < -0.3 is 0 Å². The summed E-state index contributed by atoms with van der Waals surface area (Å²) in [5.74, 6) is 0.132. The minimum atomic E-state index is 0.132. The molecule has 0 heterocycles. The Hall–Kier alpha value is -0.970. The van der Waals surface area contributed by atoms with Crippen molar-refractivity contribution in [3.63, 3.8) is 0 Å². The first-order valence-electron chi connectivity index (χ1n) is 6.27. The van der Waals surface area contributed by atoms with E-state index in [1.165, 1.54) is 5.56 Å². The first kappa shape index (κ1) is 15.4. The Kier molecular flexibility index (Phi) is 5.52. The average molecular weight is 397 g/mol. The first-order chi connectivity index (χ1) is 9.56. The topological polar surface area (TPSA) is 20.3 Å². The van der Waals surface area contributed by atoms with E-state index < -0.39 is 0 Å². The van der Waals surface area contributed by atoms with E-state index in [0.717, 1.165) is 21.1 Å². The maximum absolute atomic E-state index is 12.2. The lowest BCUT2D eigenvalue weighted by Gasteiger charge is -2.16. The number of hydrogen-bond acceptors (Lipinski definition) is 2. The molecule has 0 bridgehead atoms. The van der Waals surface area contributed by atoms with Gasteiger partial charge in [-0.1, -0.05) is 62.2 Å². The minimum absolute atomic E-state index is 0.132. The standard InChI is InChI=1S/C16H15Br2NO/c1-19(10-13-4-2-3-5-15(13)18)11-16(20)12-6-8-14(17)9-7-12/h2-9H,10-11H2,1H3. The molecule has 20 heavy (non-hydrogen) atoms. The first-order valence-corrected chi connectivity index (χ1v) is 7.85. The highest BCUT2D eigenvalue weighted by atomic mass is 79.9. The van der Waals surface area contributed by atoms with Crippen molar-refractivity contribution in [1.82, 2.24) is 4.90 Å². The highest BCUT2D eigenvalue weighted by molar-refractivity contribution is 9.10. The van der Waals surface area contributed by atoms with E-state index in [2.05, 4.69) is 37.9 Å². The Morgan fingerprint density at radius 3 is 2.35 bits per heavy atom. The number of benzene rings is 2. The van der Waals surface area contributed by atoms with Gasteiger partial charge in [0.25, 0.3) is 0 Å². The molecule has 104 valence electrons. The van der Waals surface area contributed by atoms with E-state index in [1.54, 1.807) is 0 Å². The normalized spacial score (nSPS) is 10.8. The zero-order valence-corrected chi connectivity index (χ0v) is 14.3. The summed E-state index contributed by atoms with van der Waals surface area (Å²) in [4.78, 5) is 14.2. The second kappa shape index (κ2) is 7.16. The monoisotopic (exact) mass is 395 g/mol. The maximum Gasteiger partial charge on any atom is 0.176 e. The number of Topliss-reactive ketones (excluding diaryl/α,β-unsaturated/α-hetero) is 1. The van der Waals surface area contributed by atoms with Gasteiger partial charge in [0.05, 0.1) is 6.54 Å². The molecule has 0 aliphatic heterocycles. The molecule has 2 aromatic rings. The molecule has 0 aliphatic rings. The van der Waals surface area contributed by atoms with Crippen molar-refractivity contribution in [1.29, 1.82) is 0 Å². The Morgan fingerprint density at radius 2 is 1.70 bits per heavy atom. The predicted octanol–water partition coefficient (Wildman–Crippen LogP) is 4.53. The van der Waals surface area contributed by atoms with Crippen molar-refractivity contribution in [2.45, 2.75) is 6.54 Å². The van der Waals surface area contributed by atoms with Crippen LogP contribution in [0.15, 0.2) is 57.5 Å². The third-order valence-corrected chi connectivity index (χ3v) is 4.28. The van der Waals surface area contributed by atoms with E-state index in [-0.39, 0.29) is 5.78 Å². The van der Waals surface area contributed by atoms with Crippen molar-refractivity contribution in [2.24, 2.45) is 0 Å². The fourth-order valence-electron chi connectivity index (χ4n) is 1.95. The Bertz CT molecular complexity index is 596. The van der Waals surface area contributed by atoms with Crippen molar-refractivity contribution in [3.8, 4) is 0 Å². The molecule has 0 radical (unpaired) electrons. The summed E-state index contributed by atoms with van der Waals surface area (Å²) in [6, 6.07) is 15.5. The van der Waals surface area contributed by atoms with Crippen LogP contribution in [0.3, 0.4) is 0 Å². The Morgan fingerprint density at radius 1 is 1.05 bits per heavy atom. The summed E-state index contributed by atoms with van der Waals surface area (Å²) < 4.78 is 2.05. The van der Waals surface area contributed by atoms with Gasteiger partial charge in [0.15, 0.2) is 5.78 Å². The molecule has 0 amide bonds. The molecule has 0 aliphatic carbocycles. The quantitative estimate of drug-likeness (QED) is 0.692. The number of rotatable bonds is 5.